The molecule has 9 heteroatoms. The maximum Gasteiger partial charge on any atom is 0.220 e. The summed E-state index contributed by atoms with van der Waals surface area (Å²) in [4.78, 5) is 14.9. The van der Waals surface area contributed by atoms with Gasteiger partial charge in [-0.15, -0.1) is 0 Å². The zero-order valence-corrected chi connectivity index (χ0v) is 24.6. The van der Waals surface area contributed by atoms with E-state index in [9.17, 15) is 10.1 Å². The molecular formula is C30H54N6O3. The molecule has 2 heterocycles. The van der Waals surface area contributed by atoms with Crippen LogP contribution < -0.4 is 21.3 Å². The first-order valence-corrected chi connectivity index (χ1v) is 15.7. The molecule has 9 nitrogen and oxygen atoms in total. The Morgan fingerprint density at radius 2 is 1.92 bits per heavy atom. The van der Waals surface area contributed by atoms with Crippen LogP contribution in [0.5, 0.6) is 0 Å². The number of fused-ring (bicyclic) bond motifs is 1. The summed E-state index contributed by atoms with van der Waals surface area (Å²) in [5.74, 6) is 0.988. The van der Waals surface area contributed by atoms with Gasteiger partial charge >= 0.3 is 0 Å². The van der Waals surface area contributed by atoms with Crippen LogP contribution in [0.1, 0.15) is 71.1 Å². The third kappa shape index (κ3) is 9.11. The topological polar surface area (TPSA) is 111 Å². The molecule has 4 fully saturated rings. The molecule has 4 rings (SSSR count). The Balaban J connectivity index is 1.31. The van der Waals surface area contributed by atoms with Gasteiger partial charge in [0.15, 0.2) is 0 Å². The second-order valence-electron chi connectivity index (χ2n) is 12.7. The summed E-state index contributed by atoms with van der Waals surface area (Å²) in [6.07, 6.45) is 10.4. The Hall–Kier alpha value is -1.28. The third-order valence-corrected chi connectivity index (χ3v) is 9.44. The Morgan fingerprint density at radius 3 is 2.62 bits per heavy atom. The van der Waals surface area contributed by atoms with Crippen LogP contribution in [0.3, 0.4) is 0 Å². The summed E-state index contributed by atoms with van der Waals surface area (Å²) in [7, 11) is 4.07. The zero-order chi connectivity index (χ0) is 27.6. The Bertz CT molecular complexity index is 777. The third-order valence-electron chi connectivity index (χ3n) is 9.44. The van der Waals surface area contributed by atoms with Gasteiger partial charge in [0.25, 0.3) is 0 Å². The number of ether oxygens (including phenoxy) is 2. The molecule has 0 aromatic carbocycles. The number of nitrogens with zero attached hydrogens (tertiary/aromatic N) is 2. The lowest BCUT2D eigenvalue weighted by Crippen LogP contribution is -2.66. The van der Waals surface area contributed by atoms with Crippen molar-refractivity contribution in [3.63, 3.8) is 0 Å². The molecule has 2 aliphatic heterocycles. The van der Waals surface area contributed by atoms with Crippen LogP contribution in [0.4, 0.5) is 0 Å². The molecule has 2 saturated heterocycles. The second-order valence-corrected chi connectivity index (χ2v) is 12.7. The molecule has 7 atom stereocenters. The quantitative estimate of drug-likeness (QED) is 0.294. The van der Waals surface area contributed by atoms with Gasteiger partial charge in [0, 0.05) is 44.2 Å². The molecule has 1 amide bonds. The summed E-state index contributed by atoms with van der Waals surface area (Å²) in [5, 5.41) is 24.5. The zero-order valence-electron chi connectivity index (χ0n) is 24.6. The Kier molecular flexibility index (Phi) is 12.3. The van der Waals surface area contributed by atoms with E-state index in [1.165, 1.54) is 12.8 Å². The number of nitrogens with one attached hydrogen (secondary N) is 4. The number of piperidine rings is 2. The standard InChI is InChI=1S/C30H54N6O3/c1-4-38-28-16-26-25(15-27(28)35-29(37)8-6-14-36(2)3)30(22(17-31)19-33-26)34-23-9-11-24(12-10-23)39-20-21-7-5-13-32-18-21/h21-28,30,32-34H,4-16,18-20H2,1-3H3,(H,35,37). The molecule has 0 aromatic rings. The fraction of sp³-hybridized carbons (Fsp3) is 0.933. The SMILES string of the molecule is CCOC1CC2NCC(C#N)C(NC3CCC(OCC4CCCNC4)CC3)C2CC1NC(=O)CCCN(C)C. The molecule has 2 saturated carbocycles. The van der Waals surface area contributed by atoms with Gasteiger partial charge < -0.3 is 35.6 Å². The van der Waals surface area contributed by atoms with Gasteiger partial charge in [-0.3, -0.25) is 4.79 Å². The van der Waals surface area contributed by atoms with E-state index in [4.69, 9.17) is 9.47 Å². The van der Waals surface area contributed by atoms with Gasteiger partial charge in [-0.05, 0) is 104 Å². The minimum absolute atomic E-state index is 0.00721. The van der Waals surface area contributed by atoms with E-state index in [1.807, 2.05) is 21.0 Å². The van der Waals surface area contributed by atoms with Crippen molar-refractivity contribution >= 4 is 5.91 Å². The lowest BCUT2D eigenvalue weighted by Gasteiger charge is -2.50. The first kappa shape index (κ1) is 30.7. The first-order chi connectivity index (χ1) is 19.0. The van der Waals surface area contributed by atoms with Crippen molar-refractivity contribution in [2.24, 2.45) is 17.8 Å². The highest BCUT2D eigenvalue weighted by Gasteiger charge is 2.47. The predicted molar refractivity (Wildman–Crippen MR) is 153 cm³/mol. The molecular weight excluding hydrogens is 492 g/mol. The summed E-state index contributed by atoms with van der Waals surface area (Å²) >= 11 is 0. The second kappa shape index (κ2) is 15.6. The van der Waals surface area contributed by atoms with Gasteiger partial charge in [0.1, 0.15) is 0 Å². The normalized spacial score (nSPS) is 37.2. The van der Waals surface area contributed by atoms with E-state index in [0.717, 1.165) is 71.2 Å². The summed E-state index contributed by atoms with van der Waals surface area (Å²) in [6, 6.07) is 3.43. The summed E-state index contributed by atoms with van der Waals surface area (Å²) in [5.41, 5.74) is 0. The highest BCUT2D eigenvalue weighted by molar-refractivity contribution is 5.76. The van der Waals surface area contributed by atoms with Crippen LogP contribution in [-0.2, 0) is 14.3 Å². The molecule has 0 aromatic heterocycles. The van der Waals surface area contributed by atoms with Crippen molar-refractivity contribution in [1.82, 2.24) is 26.2 Å². The number of amides is 1. The largest absolute Gasteiger partial charge is 0.378 e. The molecule has 4 aliphatic rings. The average molecular weight is 547 g/mol. The number of nitriles is 1. The number of carbonyl (C=O) groups excluding carboxylic acids is 1. The molecule has 7 unspecified atom stereocenters. The Labute approximate surface area is 236 Å². The minimum atomic E-state index is -0.0703. The highest BCUT2D eigenvalue weighted by Crippen LogP contribution is 2.36. The number of rotatable bonds is 12. The molecule has 39 heavy (non-hydrogen) atoms. The molecule has 0 bridgehead atoms. The number of hydrogen-bond acceptors (Lipinski definition) is 8. The van der Waals surface area contributed by atoms with Gasteiger partial charge in [-0.25, -0.2) is 0 Å². The predicted octanol–water partition coefficient (Wildman–Crippen LogP) is 2.03. The van der Waals surface area contributed by atoms with E-state index in [1.54, 1.807) is 0 Å². The van der Waals surface area contributed by atoms with E-state index in [2.05, 4.69) is 32.2 Å². The average Bonchev–Trinajstić information content (AvgIpc) is 2.94. The molecule has 0 radical (unpaired) electrons. The van der Waals surface area contributed by atoms with Crippen molar-refractivity contribution in [1.29, 1.82) is 5.26 Å². The maximum absolute atomic E-state index is 12.8. The van der Waals surface area contributed by atoms with Crippen LogP contribution in [0.2, 0.25) is 0 Å². The van der Waals surface area contributed by atoms with Crippen LogP contribution in [0, 0.1) is 29.1 Å². The number of carbonyl (C=O) groups is 1. The van der Waals surface area contributed by atoms with Crippen LogP contribution in [0.15, 0.2) is 0 Å². The van der Waals surface area contributed by atoms with Crippen molar-refractivity contribution < 1.29 is 14.3 Å². The van der Waals surface area contributed by atoms with Gasteiger partial charge in [-0.2, -0.15) is 5.26 Å². The van der Waals surface area contributed by atoms with Crippen molar-refractivity contribution in [2.75, 3.05) is 53.5 Å². The van der Waals surface area contributed by atoms with Gasteiger partial charge in [0.2, 0.25) is 5.91 Å². The van der Waals surface area contributed by atoms with E-state index >= 15 is 0 Å². The van der Waals surface area contributed by atoms with Crippen LogP contribution in [-0.4, -0.2) is 101 Å². The lowest BCUT2D eigenvalue weighted by molar-refractivity contribution is -0.124. The fourth-order valence-corrected chi connectivity index (χ4v) is 7.29. The lowest BCUT2D eigenvalue weighted by atomic mass is 9.69. The van der Waals surface area contributed by atoms with Crippen LogP contribution >= 0.6 is 0 Å². The van der Waals surface area contributed by atoms with Crippen molar-refractivity contribution in [3.8, 4) is 6.07 Å². The number of hydrogen-bond donors (Lipinski definition) is 4. The smallest absolute Gasteiger partial charge is 0.220 e. The van der Waals surface area contributed by atoms with Crippen molar-refractivity contribution in [2.45, 2.75) is 108 Å². The van der Waals surface area contributed by atoms with Gasteiger partial charge in [-0.1, -0.05) is 0 Å². The Morgan fingerprint density at radius 1 is 1.10 bits per heavy atom. The minimum Gasteiger partial charge on any atom is -0.378 e. The summed E-state index contributed by atoms with van der Waals surface area (Å²) in [6.45, 7) is 7.40. The molecule has 0 spiro atoms. The van der Waals surface area contributed by atoms with Gasteiger partial charge in [0.05, 0.1) is 36.8 Å². The van der Waals surface area contributed by atoms with E-state index in [-0.39, 0.29) is 30.0 Å². The molecule has 4 N–H and O–H groups in total. The van der Waals surface area contributed by atoms with E-state index < -0.39 is 0 Å². The highest BCUT2D eigenvalue weighted by atomic mass is 16.5. The summed E-state index contributed by atoms with van der Waals surface area (Å²) < 4.78 is 12.5. The maximum atomic E-state index is 12.8. The van der Waals surface area contributed by atoms with Crippen LogP contribution in [0.25, 0.3) is 0 Å². The monoisotopic (exact) mass is 546 g/mol. The van der Waals surface area contributed by atoms with E-state index in [0.29, 0.717) is 49.6 Å². The fourth-order valence-electron chi connectivity index (χ4n) is 7.29. The van der Waals surface area contributed by atoms with Crippen molar-refractivity contribution in [3.05, 3.63) is 0 Å². The molecule has 222 valence electrons. The first-order valence-electron chi connectivity index (χ1n) is 15.7. The molecule has 2 aliphatic carbocycles.